The van der Waals surface area contributed by atoms with Crippen LogP contribution in [0.4, 0.5) is 18.9 Å². The van der Waals surface area contributed by atoms with E-state index in [0.29, 0.717) is 0 Å². The minimum Gasteiger partial charge on any atom is -0.367 e. The molecule has 0 aliphatic carbocycles. The molecule has 0 radical (unpaired) electrons. The van der Waals surface area contributed by atoms with Crippen LogP contribution in [0, 0.1) is 0 Å². The first-order valence-corrected chi connectivity index (χ1v) is 11.1. The van der Waals surface area contributed by atoms with Gasteiger partial charge in [0.2, 0.25) is 10.8 Å². The van der Waals surface area contributed by atoms with Gasteiger partial charge in [-0.1, -0.05) is 48.5 Å². The smallest absolute Gasteiger partial charge is 0.367 e. The molecule has 0 heterocycles. The highest BCUT2D eigenvalue weighted by Gasteiger charge is 2.62. The summed E-state index contributed by atoms with van der Waals surface area (Å²) in [5.41, 5.74) is 4.55. The number of carbonyl (C=O) groups excluding carboxylic acids is 2. The van der Waals surface area contributed by atoms with Gasteiger partial charge in [-0.05, 0) is 31.5 Å². The molecule has 32 heavy (non-hydrogen) atoms. The average molecular weight is 494 g/mol. The van der Waals surface area contributed by atoms with Gasteiger partial charge in [0, 0.05) is 11.7 Å². The summed E-state index contributed by atoms with van der Waals surface area (Å²) in [5.74, 6) is -1.84. The van der Waals surface area contributed by atoms with Gasteiger partial charge < -0.3 is 16.4 Å². The van der Waals surface area contributed by atoms with Crippen LogP contribution in [0.3, 0.4) is 0 Å². The Hall–Kier alpha value is -2.63. The number of benzene rings is 2. The van der Waals surface area contributed by atoms with E-state index in [0.717, 1.165) is 17.8 Å². The number of primary amides is 1. The second-order valence-corrected chi connectivity index (χ2v) is 9.12. The van der Waals surface area contributed by atoms with Crippen LogP contribution in [-0.2, 0) is 24.3 Å². The summed E-state index contributed by atoms with van der Waals surface area (Å²) in [4.78, 5) is 21.0. The molecule has 0 bridgehead atoms. The van der Waals surface area contributed by atoms with E-state index in [-0.39, 0.29) is 17.8 Å². The van der Waals surface area contributed by atoms with Gasteiger partial charge in [-0.3, -0.25) is 9.59 Å². The van der Waals surface area contributed by atoms with Crippen LogP contribution in [-0.4, -0.2) is 37.7 Å². The first-order valence-electron chi connectivity index (χ1n) is 9.10. The zero-order chi connectivity index (χ0) is 24.7. The minimum absolute atomic E-state index is 0.0209. The Morgan fingerprint density at radius 1 is 1.00 bits per heavy atom. The third kappa shape index (κ3) is 5.78. The van der Waals surface area contributed by atoms with E-state index in [1.807, 2.05) is 44.2 Å². The van der Waals surface area contributed by atoms with E-state index < -0.39 is 31.7 Å². The van der Waals surface area contributed by atoms with Crippen LogP contribution >= 0.6 is 11.6 Å². The third-order valence-electron chi connectivity index (χ3n) is 4.23. The van der Waals surface area contributed by atoms with Gasteiger partial charge in [-0.15, -0.1) is 11.6 Å². The van der Waals surface area contributed by atoms with Crippen molar-refractivity contribution in [1.82, 2.24) is 0 Å². The summed E-state index contributed by atoms with van der Waals surface area (Å²) in [7, 11) is -5.99. The Labute approximate surface area is 189 Å². The number of carbonyl (C=O) groups is 2. The van der Waals surface area contributed by atoms with Crippen molar-refractivity contribution < 1.29 is 31.2 Å². The number of para-hydroxylation sites is 1. The molecule has 4 N–H and O–H groups in total. The largest absolute Gasteiger partial charge is 0.500 e. The van der Waals surface area contributed by atoms with Gasteiger partial charge in [-0.2, -0.15) is 13.2 Å². The number of hydrogen-bond acceptors (Lipinski definition) is 5. The van der Waals surface area contributed by atoms with Crippen LogP contribution in [0.15, 0.2) is 60.7 Å². The van der Waals surface area contributed by atoms with Crippen molar-refractivity contribution in [3.8, 4) is 0 Å². The Kier molecular flexibility index (Phi) is 9.24. The molecule has 176 valence electrons. The molecule has 7 nitrogen and oxygen atoms in total. The van der Waals surface area contributed by atoms with E-state index in [2.05, 4.69) is 0 Å². The lowest BCUT2D eigenvalue weighted by Gasteiger charge is -2.27. The SMILES string of the molecule is CC(C)N(C(=O)CCl)c1ccccc1.NC(=O)C(N)(c1ccccc1)S(=O)(=O)C(F)(F)F. The molecule has 1 unspecified atom stereocenters. The molecule has 0 fully saturated rings. The lowest BCUT2D eigenvalue weighted by molar-refractivity contribution is -0.121. The molecule has 2 amide bonds. The Morgan fingerprint density at radius 3 is 1.78 bits per heavy atom. The maximum absolute atomic E-state index is 12.5. The Morgan fingerprint density at radius 2 is 1.44 bits per heavy atom. The zero-order valence-electron chi connectivity index (χ0n) is 17.2. The highest BCUT2D eigenvalue weighted by atomic mass is 35.5. The maximum atomic E-state index is 12.5. The first-order chi connectivity index (χ1) is 14.7. The average Bonchev–Trinajstić information content (AvgIpc) is 2.73. The molecule has 0 saturated carbocycles. The predicted molar refractivity (Wildman–Crippen MR) is 116 cm³/mol. The van der Waals surface area contributed by atoms with Crippen LogP contribution in [0.5, 0.6) is 0 Å². The summed E-state index contributed by atoms with van der Waals surface area (Å²) in [6.45, 7) is 3.94. The molecular weight excluding hydrogens is 471 g/mol. The zero-order valence-corrected chi connectivity index (χ0v) is 18.8. The fraction of sp³-hybridized carbons (Fsp3) is 0.300. The second-order valence-electron chi connectivity index (χ2n) is 6.74. The molecule has 0 aliphatic heterocycles. The van der Waals surface area contributed by atoms with E-state index in [9.17, 15) is 31.2 Å². The van der Waals surface area contributed by atoms with Crippen molar-refractivity contribution >= 4 is 38.9 Å². The number of nitrogens with zero attached hydrogens (tertiary/aromatic N) is 1. The van der Waals surface area contributed by atoms with Crippen molar-refractivity contribution in [2.45, 2.75) is 30.3 Å². The van der Waals surface area contributed by atoms with Crippen molar-refractivity contribution in [2.24, 2.45) is 11.5 Å². The van der Waals surface area contributed by atoms with Gasteiger partial charge in [0.25, 0.3) is 15.7 Å². The number of anilines is 1. The standard InChI is InChI=1S/C11H14ClNO.C9H9F3N2O3S/c1-9(2)13(11(14)8-12)10-6-4-3-5-7-10;10-9(11,12)18(16,17)8(14,7(13)15)6-4-2-1-3-5-6/h3-7,9H,8H2,1-2H3;1-5H,14H2,(H2,13,15). The van der Waals surface area contributed by atoms with E-state index in [1.54, 1.807) is 4.90 Å². The summed E-state index contributed by atoms with van der Waals surface area (Å²) in [5, 5.41) is 0. The molecule has 2 aromatic rings. The van der Waals surface area contributed by atoms with Gasteiger partial charge in [0.05, 0.1) is 0 Å². The van der Waals surface area contributed by atoms with Crippen LogP contribution in [0.2, 0.25) is 0 Å². The number of nitrogens with two attached hydrogens (primary N) is 2. The molecule has 1 atom stereocenters. The van der Waals surface area contributed by atoms with E-state index in [1.165, 1.54) is 18.2 Å². The normalized spacial score (nSPS) is 13.5. The van der Waals surface area contributed by atoms with Crippen molar-refractivity contribution in [3.63, 3.8) is 0 Å². The first kappa shape index (κ1) is 27.4. The van der Waals surface area contributed by atoms with Crippen molar-refractivity contribution in [3.05, 3.63) is 66.2 Å². The van der Waals surface area contributed by atoms with Gasteiger partial charge in [0.1, 0.15) is 5.88 Å². The van der Waals surface area contributed by atoms with Gasteiger partial charge in [-0.25, -0.2) is 8.42 Å². The summed E-state index contributed by atoms with van der Waals surface area (Å²) >= 11 is 5.55. The van der Waals surface area contributed by atoms with Crippen LogP contribution in [0.25, 0.3) is 0 Å². The quantitative estimate of drug-likeness (QED) is 0.599. The molecule has 2 rings (SSSR count). The minimum atomic E-state index is -5.99. The molecule has 12 heteroatoms. The topological polar surface area (TPSA) is 124 Å². The Bertz CT molecular complexity index is 1020. The molecule has 0 spiro atoms. The number of hydrogen-bond donors (Lipinski definition) is 2. The number of alkyl halides is 4. The Balaban J connectivity index is 0.000000330. The highest BCUT2D eigenvalue weighted by molar-refractivity contribution is 7.93. The summed E-state index contributed by atoms with van der Waals surface area (Å²) < 4.78 is 60.2. The van der Waals surface area contributed by atoms with Crippen molar-refractivity contribution in [1.29, 1.82) is 0 Å². The van der Waals surface area contributed by atoms with Crippen LogP contribution < -0.4 is 16.4 Å². The molecule has 0 aromatic heterocycles. The summed E-state index contributed by atoms with van der Waals surface area (Å²) in [6.07, 6.45) is 0. The highest BCUT2D eigenvalue weighted by Crippen LogP contribution is 2.36. The molecule has 2 aromatic carbocycles. The lowest BCUT2D eigenvalue weighted by atomic mass is 10.1. The van der Waals surface area contributed by atoms with E-state index in [4.69, 9.17) is 23.1 Å². The molecular formula is C20H23ClF3N3O4S. The van der Waals surface area contributed by atoms with Gasteiger partial charge in [0.15, 0.2) is 0 Å². The van der Waals surface area contributed by atoms with Gasteiger partial charge >= 0.3 is 5.51 Å². The molecule has 0 aliphatic rings. The maximum Gasteiger partial charge on any atom is 0.500 e. The monoisotopic (exact) mass is 493 g/mol. The number of rotatable bonds is 6. The number of halogens is 4. The predicted octanol–water partition coefficient (Wildman–Crippen LogP) is 2.88. The summed E-state index contributed by atoms with van der Waals surface area (Å²) in [6, 6.07) is 15.6. The van der Waals surface area contributed by atoms with Crippen LogP contribution in [0.1, 0.15) is 19.4 Å². The van der Waals surface area contributed by atoms with E-state index >= 15 is 0 Å². The molecule has 0 saturated heterocycles. The second kappa shape index (κ2) is 10.8. The lowest BCUT2D eigenvalue weighted by Crippen LogP contribution is -2.58. The fourth-order valence-corrected chi connectivity index (χ4v) is 3.89. The van der Waals surface area contributed by atoms with Crippen molar-refractivity contribution in [2.75, 3.05) is 10.8 Å². The number of sulfone groups is 1. The fourth-order valence-electron chi connectivity index (χ4n) is 2.68. The number of amides is 2. The third-order valence-corrected chi connectivity index (χ3v) is 6.35.